The van der Waals surface area contributed by atoms with Crippen LogP contribution in [0.1, 0.15) is 37.0 Å². The topological polar surface area (TPSA) is 62.2 Å². The average Bonchev–Trinajstić information content (AvgIpc) is 2.25. The number of aromatic carboxylic acids is 1. The monoisotopic (exact) mass is 222 g/mol. The number of hydrogen-bond acceptors (Lipinski definition) is 3. The number of anilines is 1. The number of nitrogens with one attached hydrogen (secondary N) is 1. The van der Waals surface area contributed by atoms with E-state index in [4.69, 9.17) is 5.11 Å². The van der Waals surface area contributed by atoms with Crippen molar-refractivity contribution in [3.05, 3.63) is 23.9 Å². The van der Waals surface area contributed by atoms with Crippen LogP contribution in [0.5, 0.6) is 0 Å². The van der Waals surface area contributed by atoms with Gasteiger partial charge in [0.25, 0.3) is 0 Å². The fourth-order valence-electron chi connectivity index (χ4n) is 1.35. The highest BCUT2D eigenvalue weighted by atomic mass is 16.4. The van der Waals surface area contributed by atoms with Crippen molar-refractivity contribution in [2.75, 3.05) is 11.9 Å². The van der Waals surface area contributed by atoms with E-state index in [1.54, 1.807) is 12.1 Å². The third kappa shape index (κ3) is 4.29. The molecule has 0 aromatic carbocycles. The first-order valence-corrected chi connectivity index (χ1v) is 5.53. The number of rotatable bonds is 6. The minimum atomic E-state index is -0.946. The number of pyridine rings is 1. The molecule has 4 nitrogen and oxygen atoms in total. The van der Waals surface area contributed by atoms with Crippen LogP contribution in [0.2, 0.25) is 0 Å². The lowest BCUT2D eigenvalue weighted by atomic mass is 10.1. The van der Waals surface area contributed by atoms with Crippen LogP contribution in [-0.2, 0) is 0 Å². The van der Waals surface area contributed by atoms with Crippen LogP contribution in [0.4, 0.5) is 5.82 Å². The zero-order valence-electron chi connectivity index (χ0n) is 9.73. The number of aromatic nitrogens is 1. The average molecular weight is 222 g/mol. The number of carboxylic acid groups (broad SMARTS) is 1. The molecule has 0 aliphatic carbocycles. The molecular formula is C12H18N2O2. The number of carboxylic acids is 1. The van der Waals surface area contributed by atoms with Crippen LogP contribution in [0.3, 0.4) is 0 Å². The molecule has 1 rings (SSSR count). The van der Waals surface area contributed by atoms with Gasteiger partial charge in [-0.3, -0.25) is 0 Å². The largest absolute Gasteiger partial charge is 0.478 e. The molecule has 1 aromatic rings. The number of carbonyl (C=O) groups is 1. The highest BCUT2D eigenvalue weighted by Crippen LogP contribution is 2.07. The van der Waals surface area contributed by atoms with Gasteiger partial charge in [0.1, 0.15) is 5.82 Å². The molecule has 0 aliphatic rings. The molecule has 0 fully saturated rings. The highest BCUT2D eigenvalue weighted by molar-refractivity contribution is 5.87. The first kappa shape index (κ1) is 12.5. The predicted octanol–water partition coefficient (Wildman–Crippen LogP) is 2.63. The summed E-state index contributed by atoms with van der Waals surface area (Å²) in [6, 6.07) is 3.25. The molecule has 88 valence electrons. The van der Waals surface area contributed by atoms with Crippen molar-refractivity contribution in [1.29, 1.82) is 0 Å². The lowest BCUT2D eigenvalue weighted by molar-refractivity contribution is 0.0696. The lowest BCUT2D eigenvalue weighted by Crippen LogP contribution is -2.05. The Labute approximate surface area is 95.7 Å². The van der Waals surface area contributed by atoms with Gasteiger partial charge >= 0.3 is 5.97 Å². The number of nitrogens with zero attached hydrogens (tertiary/aromatic N) is 1. The van der Waals surface area contributed by atoms with Gasteiger partial charge in [-0.25, -0.2) is 9.78 Å². The summed E-state index contributed by atoms with van der Waals surface area (Å²) in [7, 11) is 0. The van der Waals surface area contributed by atoms with Crippen LogP contribution in [0.25, 0.3) is 0 Å². The highest BCUT2D eigenvalue weighted by Gasteiger charge is 2.02. The van der Waals surface area contributed by atoms with Gasteiger partial charge < -0.3 is 10.4 Å². The Morgan fingerprint density at radius 2 is 2.25 bits per heavy atom. The SMILES string of the molecule is CC(C)CCCNc1ccc(C(=O)O)cn1. The van der Waals surface area contributed by atoms with Gasteiger partial charge in [0, 0.05) is 12.7 Å². The van der Waals surface area contributed by atoms with Crippen molar-refractivity contribution in [1.82, 2.24) is 4.98 Å². The molecule has 0 saturated heterocycles. The van der Waals surface area contributed by atoms with Gasteiger partial charge in [-0.15, -0.1) is 0 Å². The number of hydrogen-bond donors (Lipinski definition) is 2. The fourth-order valence-corrected chi connectivity index (χ4v) is 1.35. The Morgan fingerprint density at radius 1 is 1.50 bits per heavy atom. The van der Waals surface area contributed by atoms with Crippen LogP contribution in [-0.4, -0.2) is 22.6 Å². The van der Waals surface area contributed by atoms with Crippen molar-refractivity contribution in [2.45, 2.75) is 26.7 Å². The first-order valence-electron chi connectivity index (χ1n) is 5.53. The third-order valence-electron chi connectivity index (χ3n) is 2.27. The van der Waals surface area contributed by atoms with Crippen LogP contribution >= 0.6 is 0 Å². The maximum atomic E-state index is 10.6. The normalized spacial score (nSPS) is 10.4. The summed E-state index contributed by atoms with van der Waals surface area (Å²) in [5, 5.41) is 11.9. The first-order chi connectivity index (χ1) is 7.59. The summed E-state index contributed by atoms with van der Waals surface area (Å²) in [6.07, 6.45) is 3.65. The van der Waals surface area contributed by atoms with E-state index < -0.39 is 5.97 Å². The summed E-state index contributed by atoms with van der Waals surface area (Å²) in [4.78, 5) is 14.6. The van der Waals surface area contributed by atoms with Crippen LogP contribution in [0, 0.1) is 5.92 Å². The molecule has 0 spiro atoms. The minimum absolute atomic E-state index is 0.215. The van der Waals surface area contributed by atoms with Gasteiger partial charge in [0.05, 0.1) is 5.56 Å². The molecule has 0 unspecified atom stereocenters. The molecule has 2 N–H and O–H groups in total. The Kier molecular flexibility index (Phi) is 4.76. The van der Waals surface area contributed by atoms with Crippen molar-refractivity contribution in [3.8, 4) is 0 Å². The van der Waals surface area contributed by atoms with Crippen molar-refractivity contribution in [3.63, 3.8) is 0 Å². The van der Waals surface area contributed by atoms with Gasteiger partial charge in [-0.2, -0.15) is 0 Å². The van der Waals surface area contributed by atoms with E-state index in [0.717, 1.165) is 18.8 Å². The molecule has 0 amide bonds. The Hall–Kier alpha value is -1.58. The molecule has 1 aromatic heterocycles. The van der Waals surface area contributed by atoms with Crippen molar-refractivity contribution in [2.24, 2.45) is 5.92 Å². The summed E-state index contributed by atoms with van der Waals surface area (Å²) in [5.74, 6) is 0.497. The van der Waals surface area contributed by atoms with Gasteiger partial charge in [-0.1, -0.05) is 13.8 Å². The molecule has 1 heterocycles. The molecule has 0 aliphatic heterocycles. The smallest absolute Gasteiger partial charge is 0.337 e. The Balaban J connectivity index is 2.35. The van der Waals surface area contributed by atoms with Gasteiger partial charge in [-0.05, 0) is 30.9 Å². The second-order valence-corrected chi connectivity index (χ2v) is 4.20. The van der Waals surface area contributed by atoms with Crippen LogP contribution < -0.4 is 5.32 Å². The van der Waals surface area contributed by atoms with Crippen LogP contribution in [0.15, 0.2) is 18.3 Å². The molecule has 0 bridgehead atoms. The molecule has 0 atom stereocenters. The predicted molar refractivity (Wildman–Crippen MR) is 63.8 cm³/mol. The van der Waals surface area contributed by atoms with E-state index in [1.165, 1.54) is 12.6 Å². The Morgan fingerprint density at radius 3 is 2.75 bits per heavy atom. The van der Waals surface area contributed by atoms with E-state index >= 15 is 0 Å². The maximum Gasteiger partial charge on any atom is 0.337 e. The maximum absolute atomic E-state index is 10.6. The van der Waals surface area contributed by atoms with E-state index in [-0.39, 0.29) is 5.56 Å². The summed E-state index contributed by atoms with van der Waals surface area (Å²) in [5.41, 5.74) is 0.215. The minimum Gasteiger partial charge on any atom is -0.478 e. The summed E-state index contributed by atoms with van der Waals surface area (Å²) >= 11 is 0. The molecule has 0 radical (unpaired) electrons. The quantitative estimate of drug-likeness (QED) is 0.726. The summed E-state index contributed by atoms with van der Waals surface area (Å²) in [6.45, 7) is 5.26. The lowest BCUT2D eigenvalue weighted by Gasteiger charge is -2.07. The Bertz CT molecular complexity index is 333. The van der Waals surface area contributed by atoms with Crippen molar-refractivity contribution < 1.29 is 9.90 Å². The van der Waals surface area contributed by atoms with Gasteiger partial charge in [0.15, 0.2) is 0 Å². The molecule has 4 heteroatoms. The van der Waals surface area contributed by atoms with Crippen molar-refractivity contribution >= 4 is 11.8 Å². The molecule has 0 saturated carbocycles. The van der Waals surface area contributed by atoms with E-state index in [1.807, 2.05) is 0 Å². The summed E-state index contributed by atoms with van der Waals surface area (Å²) < 4.78 is 0. The molecule has 16 heavy (non-hydrogen) atoms. The molecular weight excluding hydrogens is 204 g/mol. The van der Waals surface area contributed by atoms with E-state index in [0.29, 0.717) is 5.92 Å². The second kappa shape index (κ2) is 6.10. The van der Waals surface area contributed by atoms with E-state index in [2.05, 4.69) is 24.1 Å². The van der Waals surface area contributed by atoms with Gasteiger partial charge in [0.2, 0.25) is 0 Å². The third-order valence-corrected chi connectivity index (χ3v) is 2.27. The zero-order chi connectivity index (χ0) is 12.0. The van der Waals surface area contributed by atoms with E-state index in [9.17, 15) is 4.79 Å². The zero-order valence-corrected chi connectivity index (χ0v) is 9.73. The standard InChI is InChI=1S/C12H18N2O2/c1-9(2)4-3-7-13-11-6-5-10(8-14-11)12(15)16/h5-6,8-9H,3-4,7H2,1-2H3,(H,13,14)(H,15,16). The second-order valence-electron chi connectivity index (χ2n) is 4.20. The fraction of sp³-hybridized carbons (Fsp3) is 0.500.